The van der Waals surface area contributed by atoms with Crippen molar-refractivity contribution in [2.45, 2.75) is 25.8 Å². The molecule has 9 heteroatoms. The number of oxazole rings is 1. The minimum Gasteiger partial charge on any atom is -0.439 e. The van der Waals surface area contributed by atoms with Crippen LogP contribution in [0.25, 0.3) is 22.2 Å². The highest BCUT2D eigenvalue weighted by atomic mass is 16.5. The Hall–Kier alpha value is -3.04. The first kappa shape index (κ1) is 19.9. The molecular formula is C22H26N6O3. The van der Waals surface area contributed by atoms with Crippen LogP contribution in [0.1, 0.15) is 18.7 Å². The Kier molecular flexibility index (Phi) is 5.52. The molecule has 2 amide bonds. The summed E-state index contributed by atoms with van der Waals surface area (Å²) in [6, 6.07) is 4.22. The van der Waals surface area contributed by atoms with E-state index in [1.165, 1.54) is 0 Å². The summed E-state index contributed by atoms with van der Waals surface area (Å²) in [6.45, 7) is 6.89. The van der Waals surface area contributed by atoms with Gasteiger partial charge in [-0.1, -0.05) is 0 Å². The molecule has 0 aliphatic carbocycles. The van der Waals surface area contributed by atoms with Crippen LogP contribution in [0.4, 0.5) is 10.6 Å². The number of urea groups is 1. The van der Waals surface area contributed by atoms with Crippen LogP contribution in [0.2, 0.25) is 0 Å². The van der Waals surface area contributed by atoms with Crippen LogP contribution in [-0.4, -0.2) is 76.2 Å². The zero-order chi connectivity index (χ0) is 21.2. The number of carbonyl (C=O) groups excluding carboxylic acids is 1. The molecule has 0 atom stereocenters. The number of ether oxygens (including phenoxy) is 1. The smallest absolute Gasteiger partial charge is 0.323 e. The number of fused-ring (bicyclic) bond motifs is 1. The molecule has 0 spiro atoms. The Labute approximate surface area is 180 Å². The van der Waals surface area contributed by atoms with Crippen LogP contribution in [0.5, 0.6) is 0 Å². The molecule has 0 aromatic carbocycles. The van der Waals surface area contributed by atoms with Gasteiger partial charge in [-0.2, -0.15) is 0 Å². The third kappa shape index (κ3) is 4.38. The van der Waals surface area contributed by atoms with Crippen molar-refractivity contribution in [2.75, 3.05) is 44.7 Å². The largest absolute Gasteiger partial charge is 0.439 e. The van der Waals surface area contributed by atoms with Crippen LogP contribution < -0.4 is 5.32 Å². The lowest BCUT2D eigenvalue weighted by atomic mass is 10.0. The van der Waals surface area contributed by atoms with Gasteiger partial charge in [0, 0.05) is 56.9 Å². The molecule has 2 aliphatic heterocycles. The standard InChI is InChI=1S/C22H26N6O3/c1-15-23-14-20(31-15)19-10-16-11-21(25-13-17(16)12-24-19)26-22(29)28-4-2-18(3-5-28)27-6-8-30-9-7-27/h10-14,18H,2-9H2,1H3,(H,25,26,29). The van der Waals surface area contributed by atoms with Crippen molar-refractivity contribution in [3.63, 3.8) is 0 Å². The second-order valence-corrected chi connectivity index (χ2v) is 8.03. The predicted octanol–water partition coefficient (Wildman–Crippen LogP) is 2.92. The van der Waals surface area contributed by atoms with E-state index in [0.29, 0.717) is 29.2 Å². The number of aryl methyl sites for hydroxylation is 1. The van der Waals surface area contributed by atoms with Gasteiger partial charge in [-0.05, 0) is 30.4 Å². The normalized spacial score (nSPS) is 18.4. The summed E-state index contributed by atoms with van der Waals surface area (Å²) >= 11 is 0. The van der Waals surface area contributed by atoms with Gasteiger partial charge in [0.25, 0.3) is 0 Å². The van der Waals surface area contributed by atoms with Crippen molar-refractivity contribution < 1.29 is 13.9 Å². The van der Waals surface area contributed by atoms with Gasteiger partial charge in [0.2, 0.25) is 0 Å². The Balaban J connectivity index is 1.24. The molecule has 3 aromatic heterocycles. The van der Waals surface area contributed by atoms with Crippen molar-refractivity contribution in [3.05, 3.63) is 36.6 Å². The Bertz CT molecular complexity index is 1070. The Morgan fingerprint density at radius 3 is 2.52 bits per heavy atom. The first-order valence-corrected chi connectivity index (χ1v) is 10.7. The molecule has 31 heavy (non-hydrogen) atoms. The SMILES string of the molecule is Cc1ncc(-c2cc3cc(NC(=O)N4CCC(N5CCOCC5)CC4)ncc3cn2)o1. The summed E-state index contributed by atoms with van der Waals surface area (Å²) in [6.07, 6.45) is 7.11. The topological polar surface area (TPSA) is 96.6 Å². The molecule has 2 fully saturated rings. The van der Waals surface area contributed by atoms with E-state index < -0.39 is 0 Å². The number of rotatable bonds is 3. The van der Waals surface area contributed by atoms with Gasteiger partial charge >= 0.3 is 6.03 Å². The second-order valence-electron chi connectivity index (χ2n) is 8.03. The number of nitrogens with zero attached hydrogens (tertiary/aromatic N) is 5. The van der Waals surface area contributed by atoms with Gasteiger partial charge in [0.1, 0.15) is 11.5 Å². The summed E-state index contributed by atoms with van der Waals surface area (Å²) < 4.78 is 11.0. The van der Waals surface area contributed by atoms with Crippen LogP contribution in [0.15, 0.2) is 35.1 Å². The van der Waals surface area contributed by atoms with Crippen molar-refractivity contribution in [1.29, 1.82) is 0 Å². The lowest BCUT2D eigenvalue weighted by Crippen LogP contribution is -2.50. The monoisotopic (exact) mass is 422 g/mol. The second kappa shape index (κ2) is 8.60. The molecular weight excluding hydrogens is 396 g/mol. The fourth-order valence-corrected chi connectivity index (χ4v) is 4.29. The summed E-state index contributed by atoms with van der Waals surface area (Å²) in [7, 11) is 0. The maximum atomic E-state index is 12.8. The molecule has 5 rings (SSSR count). The zero-order valence-electron chi connectivity index (χ0n) is 17.6. The van der Waals surface area contributed by atoms with E-state index in [4.69, 9.17) is 9.15 Å². The van der Waals surface area contributed by atoms with Crippen LogP contribution in [-0.2, 0) is 4.74 Å². The highest BCUT2D eigenvalue weighted by Gasteiger charge is 2.28. The van der Waals surface area contributed by atoms with E-state index in [-0.39, 0.29) is 6.03 Å². The van der Waals surface area contributed by atoms with Crippen molar-refractivity contribution >= 4 is 22.6 Å². The molecule has 3 aromatic rings. The van der Waals surface area contributed by atoms with Gasteiger partial charge in [0.05, 0.1) is 19.4 Å². The molecule has 0 saturated carbocycles. The maximum Gasteiger partial charge on any atom is 0.323 e. The third-order valence-corrected chi connectivity index (χ3v) is 6.03. The van der Waals surface area contributed by atoms with Gasteiger partial charge in [-0.25, -0.2) is 14.8 Å². The maximum absolute atomic E-state index is 12.8. The molecule has 0 radical (unpaired) electrons. The van der Waals surface area contributed by atoms with E-state index in [2.05, 4.69) is 25.2 Å². The molecule has 5 heterocycles. The number of amides is 2. The highest BCUT2D eigenvalue weighted by molar-refractivity contribution is 5.92. The van der Waals surface area contributed by atoms with Gasteiger partial charge in [-0.3, -0.25) is 15.2 Å². The van der Waals surface area contributed by atoms with Crippen molar-refractivity contribution in [2.24, 2.45) is 0 Å². The average molecular weight is 422 g/mol. The number of likely N-dealkylation sites (tertiary alicyclic amines) is 1. The van der Waals surface area contributed by atoms with E-state index in [1.54, 1.807) is 25.5 Å². The van der Waals surface area contributed by atoms with Crippen LogP contribution >= 0.6 is 0 Å². The number of morpholine rings is 1. The van der Waals surface area contributed by atoms with Gasteiger partial charge in [0.15, 0.2) is 11.7 Å². The van der Waals surface area contributed by atoms with Gasteiger partial charge in [-0.15, -0.1) is 0 Å². The number of piperidine rings is 1. The quantitative estimate of drug-likeness (QED) is 0.693. The van der Waals surface area contributed by atoms with Crippen molar-refractivity contribution in [3.8, 4) is 11.5 Å². The molecule has 9 nitrogen and oxygen atoms in total. The summed E-state index contributed by atoms with van der Waals surface area (Å²) in [5.74, 6) is 1.74. The lowest BCUT2D eigenvalue weighted by molar-refractivity contribution is 0.00419. The van der Waals surface area contributed by atoms with Gasteiger partial charge < -0.3 is 14.1 Å². The summed E-state index contributed by atoms with van der Waals surface area (Å²) in [5, 5.41) is 4.77. The molecule has 0 unspecified atom stereocenters. The molecule has 1 N–H and O–H groups in total. The third-order valence-electron chi connectivity index (χ3n) is 6.03. The Morgan fingerprint density at radius 1 is 1.00 bits per heavy atom. The highest BCUT2D eigenvalue weighted by Crippen LogP contribution is 2.24. The minimum absolute atomic E-state index is 0.104. The zero-order valence-corrected chi connectivity index (χ0v) is 17.6. The Morgan fingerprint density at radius 2 is 1.77 bits per heavy atom. The van der Waals surface area contributed by atoms with E-state index >= 15 is 0 Å². The summed E-state index contributed by atoms with van der Waals surface area (Å²) in [4.78, 5) is 30.1. The van der Waals surface area contributed by atoms with E-state index in [1.807, 2.05) is 17.0 Å². The fourth-order valence-electron chi connectivity index (χ4n) is 4.29. The first-order chi connectivity index (χ1) is 15.2. The number of pyridine rings is 2. The number of hydrogen-bond acceptors (Lipinski definition) is 7. The van der Waals surface area contributed by atoms with Crippen LogP contribution in [0, 0.1) is 6.92 Å². The summed E-state index contributed by atoms with van der Waals surface area (Å²) in [5.41, 5.74) is 0.696. The lowest BCUT2D eigenvalue weighted by Gasteiger charge is -2.39. The average Bonchev–Trinajstić information content (AvgIpc) is 3.25. The van der Waals surface area contributed by atoms with E-state index in [0.717, 1.165) is 63.0 Å². The molecule has 2 aliphatic rings. The van der Waals surface area contributed by atoms with E-state index in [9.17, 15) is 4.79 Å². The number of anilines is 1. The fraction of sp³-hybridized carbons (Fsp3) is 0.455. The molecule has 2 saturated heterocycles. The first-order valence-electron chi connectivity index (χ1n) is 10.7. The number of hydrogen-bond donors (Lipinski definition) is 1. The van der Waals surface area contributed by atoms with Crippen molar-refractivity contribution in [1.82, 2.24) is 24.8 Å². The predicted molar refractivity (Wildman–Crippen MR) is 116 cm³/mol. The number of carbonyl (C=O) groups is 1. The van der Waals surface area contributed by atoms with Crippen LogP contribution in [0.3, 0.4) is 0 Å². The molecule has 0 bridgehead atoms. The number of aromatic nitrogens is 3. The molecule has 162 valence electrons. The number of nitrogens with one attached hydrogen (secondary N) is 1. The minimum atomic E-state index is -0.104.